The van der Waals surface area contributed by atoms with Gasteiger partial charge in [-0.25, -0.2) is 9.98 Å². The molecular formula is C20H37IN6. The zero-order valence-electron chi connectivity index (χ0n) is 17.2. The zero-order valence-corrected chi connectivity index (χ0v) is 19.5. The maximum Gasteiger partial charge on any atom is 0.191 e. The molecule has 1 aromatic heterocycles. The van der Waals surface area contributed by atoms with Crippen molar-refractivity contribution in [3.05, 3.63) is 23.9 Å². The minimum Gasteiger partial charge on any atom is -0.357 e. The average molecular weight is 488 g/mol. The van der Waals surface area contributed by atoms with Crippen molar-refractivity contribution < 1.29 is 0 Å². The molecule has 0 unspecified atom stereocenters. The Morgan fingerprint density at radius 3 is 2.56 bits per heavy atom. The Balaban J connectivity index is 0.00000364. The van der Waals surface area contributed by atoms with Crippen molar-refractivity contribution >= 4 is 35.8 Å². The Labute approximate surface area is 182 Å². The number of piperazine rings is 1. The molecule has 0 spiro atoms. The standard InChI is InChI=1S/C20H36N6.HI/c1-4-7-8-10-23-20(21-5-2)24-17-18-9-11-22-19(16-18)26-14-12-25(6-3)13-15-26;/h9,11,16H,4-8,10,12-15,17H2,1-3H3,(H2,21,23,24);1H. The number of hydrogen-bond donors (Lipinski definition) is 2. The van der Waals surface area contributed by atoms with Crippen LogP contribution in [0.25, 0.3) is 0 Å². The number of rotatable bonds is 9. The second kappa shape index (κ2) is 14.0. The van der Waals surface area contributed by atoms with Gasteiger partial charge in [0, 0.05) is 45.5 Å². The molecule has 7 heteroatoms. The number of hydrogen-bond acceptors (Lipinski definition) is 4. The van der Waals surface area contributed by atoms with E-state index in [-0.39, 0.29) is 24.0 Å². The van der Waals surface area contributed by atoms with Crippen molar-refractivity contribution in [2.45, 2.75) is 46.6 Å². The number of aromatic nitrogens is 1. The fraction of sp³-hybridized carbons (Fsp3) is 0.700. The van der Waals surface area contributed by atoms with Crippen LogP contribution in [0.2, 0.25) is 0 Å². The molecule has 1 aromatic rings. The summed E-state index contributed by atoms with van der Waals surface area (Å²) in [5.41, 5.74) is 1.21. The molecule has 1 aliphatic rings. The summed E-state index contributed by atoms with van der Waals surface area (Å²) in [5, 5.41) is 6.75. The highest BCUT2D eigenvalue weighted by Gasteiger charge is 2.16. The fourth-order valence-electron chi connectivity index (χ4n) is 3.12. The van der Waals surface area contributed by atoms with Crippen LogP contribution in [0.1, 0.15) is 45.6 Å². The molecule has 1 saturated heterocycles. The highest BCUT2D eigenvalue weighted by atomic mass is 127. The van der Waals surface area contributed by atoms with Crippen LogP contribution in [0.5, 0.6) is 0 Å². The number of nitrogens with one attached hydrogen (secondary N) is 2. The van der Waals surface area contributed by atoms with Crippen molar-refractivity contribution in [2.75, 3.05) is 50.7 Å². The van der Waals surface area contributed by atoms with E-state index in [1.807, 2.05) is 6.20 Å². The Bertz CT molecular complexity index is 543. The smallest absolute Gasteiger partial charge is 0.191 e. The van der Waals surface area contributed by atoms with Crippen molar-refractivity contribution in [3.63, 3.8) is 0 Å². The maximum atomic E-state index is 4.73. The molecular weight excluding hydrogens is 451 g/mol. The van der Waals surface area contributed by atoms with Crippen LogP contribution in [-0.2, 0) is 6.54 Å². The van der Waals surface area contributed by atoms with Crippen LogP contribution in [0, 0.1) is 0 Å². The van der Waals surface area contributed by atoms with Gasteiger partial charge in [0.25, 0.3) is 0 Å². The Kier molecular flexibility index (Phi) is 12.4. The topological polar surface area (TPSA) is 55.8 Å². The number of pyridine rings is 1. The maximum absolute atomic E-state index is 4.73. The summed E-state index contributed by atoms with van der Waals surface area (Å²) in [4.78, 5) is 14.2. The second-order valence-corrected chi connectivity index (χ2v) is 6.77. The van der Waals surface area contributed by atoms with E-state index in [1.165, 1.54) is 24.8 Å². The summed E-state index contributed by atoms with van der Waals surface area (Å²) >= 11 is 0. The number of halogens is 1. The lowest BCUT2D eigenvalue weighted by Gasteiger charge is -2.34. The molecule has 1 fully saturated rings. The molecule has 0 bridgehead atoms. The van der Waals surface area contributed by atoms with Crippen LogP contribution >= 0.6 is 24.0 Å². The molecule has 0 aliphatic carbocycles. The van der Waals surface area contributed by atoms with Gasteiger partial charge in [0.1, 0.15) is 5.82 Å². The lowest BCUT2D eigenvalue weighted by atomic mass is 10.2. The van der Waals surface area contributed by atoms with E-state index in [0.29, 0.717) is 6.54 Å². The van der Waals surface area contributed by atoms with Crippen molar-refractivity contribution in [3.8, 4) is 0 Å². The van der Waals surface area contributed by atoms with E-state index in [0.717, 1.165) is 57.6 Å². The third-order valence-corrected chi connectivity index (χ3v) is 4.79. The van der Waals surface area contributed by atoms with Crippen molar-refractivity contribution in [1.29, 1.82) is 0 Å². The first-order valence-electron chi connectivity index (χ1n) is 10.2. The summed E-state index contributed by atoms with van der Waals surface area (Å²) in [6.45, 7) is 14.6. The van der Waals surface area contributed by atoms with Crippen LogP contribution in [0.15, 0.2) is 23.3 Å². The summed E-state index contributed by atoms with van der Waals surface area (Å²) < 4.78 is 0. The van der Waals surface area contributed by atoms with Gasteiger partial charge < -0.3 is 20.4 Å². The number of likely N-dealkylation sites (N-methyl/N-ethyl adjacent to an activating group) is 1. The number of aliphatic imine (C=N–C) groups is 1. The van der Waals surface area contributed by atoms with Crippen LogP contribution < -0.4 is 15.5 Å². The number of anilines is 1. The zero-order chi connectivity index (χ0) is 18.6. The molecule has 1 aliphatic heterocycles. The van der Waals surface area contributed by atoms with Gasteiger partial charge in [-0.2, -0.15) is 0 Å². The highest BCUT2D eigenvalue weighted by Crippen LogP contribution is 2.15. The predicted molar refractivity (Wildman–Crippen MR) is 126 cm³/mol. The first kappa shape index (κ1) is 23.9. The van der Waals surface area contributed by atoms with Gasteiger partial charge in [0.05, 0.1) is 6.54 Å². The Morgan fingerprint density at radius 1 is 1.11 bits per heavy atom. The predicted octanol–water partition coefficient (Wildman–Crippen LogP) is 3.09. The number of unbranched alkanes of at least 4 members (excludes halogenated alkanes) is 2. The molecule has 2 heterocycles. The Hall–Kier alpha value is -1.09. The quantitative estimate of drug-likeness (QED) is 0.242. The van der Waals surface area contributed by atoms with Gasteiger partial charge in [-0.3, -0.25) is 0 Å². The molecule has 0 radical (unpaired) electrons. The molecule has 2 rings (SSSR count). The molecule has 27 heavy (non-hydrogen) atoms. The summed E-state index contributed by atoms with van der Waals surface area (Å²) in [7, 11) is 0. The van der Waals surface area contributed by atoms with Crippen LogP contribution in [0.3, 0.4) is 0 Å². The summed E-state index contributed by atoms with van der Waals surface area (Å²) in [6.07, 6.45) is 5.59. The van der Waals surface area contributed by atoms with Gasteiger partial charge in [-0.1, -0.05) is 26.7 Å². The minimum absolute atomic E-state index is 0. The highest BCUT2D eigenvalue weighted by molar-refractivity contribution is 14.0. The molecule has 0 amide bonds. The lowest BCUT2D eigenvalue weighted by Crippen LogP contribution is -2.46. The largest absolute Gasteiger partial charge is 0.357 e. The average Bonchev–Trinajstić information content (AvgIpc) is 2.69. The molecule has 2 N–H and O–H groups in total. The van der Waals surface area contributed by atoms with Gasteiger partial charge >= 0.3 is 0 Å². The molecule has 6 nitrogen and oxygen atoms in total. The third-order valence-electron chi connectivity index (χ3n) is 4.79. The van der Waals surface area contributed by atoms with E-state index in [1.54, 1.807) is 0 Å². The first-order chi connectivity index (χ1) is 12.8. The van der Waals surface area contributed by atoms with E-state index in [4.69, 9.17) is 4.99 Å². The first-order valence-corrected chi connectivity index (χ1v) is 10.2. The van der Waals surface area contributed by atoms with Crippen molar-refractivity contribution in [1.82, 2.24) is 20.5 Å². The SMILES string of the molecule is CCCCCNC(=NCc1ccnc(N2CCN(CC)CC2)c1)NCC.I. The molecule has 0 aromatic carbocycles. The second-order valence-electron chi connectivity index (χ2n) is 6.77. The normalized spacial score (nSPS) is 15.4. The van der Waals surface area contributed by atoms with Gasteiger partial charge in [0.15, 0.2) is 5.96 Å². The number of nitrogens with zero attached hydrogens (tertiary/aromatic N) is 4. The van der Waals surface area contributed by atoms with Gasteiger partial charge in [-0.15, -0.1) is 24.0 Å². The fourth-order valence-corrected chi connectivity index (χ4v) is 3.12. The summed E-state index contributed by atoms with van der Waals surface area (Å²) in [5.74, 6) is 1.98. The van der Waals surface area contributed by atoms with E-state index >= 15 is 0 Å². The van der Waals surface area contributed by atoms with Crippen LogP contribution in [-0.4, -0.2) is 61.7 Å². The lowest BCUT2D eigenvalue weighted by molar-refractivity contribution is 0.270. The third kappa shape index (κ3) is 8.64. The van der Waals surface area contributed by atoms with E-state index < -0.39 is 0 Å². The van der Waals surface area contributed by atoms with Crippen molar-refractivity contribution in [2.24, 2.45) is 4.99 Å². The monoisotopic (exact) mass is 488 g/mol. The van der Waals surface area contributed by atoms with Crippen LogP contribution in [0.4, 0.5) is 5.82 Å². The Morgan fingerprint density at radius 2 is 1.89 bits per heavy atom. The van der Waals surface area contributed by atoms with E-state index in [2.05, 4.69) is 58.3 Å². The molecule has 0 saturated carbocycles. The van der Waals surface area contributed by atoms with Gasteiger partial charge in [-0.05, 0) is 37.6 Å². The van der Waals surface area contributed by atoms with Gasteiger partial charge in [0.2, 0.25) is 0 Å². The summed E-state index contributed by atoms with van der Waals surface area (Å²) in [6, 6.07) is 4.25. The number of guanidine groups is 1. The molecule has 0 atom stereocenters. The van der Waals surface area contributed by atoms with E-state index in [9.17, 15) is 0 Å². The molecule has 154 valence electrons. The minimum atomic E-state index is 0.